The maximum absolute atomic E-state index is 13.6. The fourth-order valence-electron chi connectivity index (χ4n) is 7.24. The van der Waals surface area contributed by atoms with Crippen molar-refractivity contribution < 1.29 is 63.1 Å². The minimum atomic E-state index is -1.36. The molecule has 4 N–H and O–H groups in total. The molecule has 3 aliphatic heterocycles. The molecule has 2 fully saturated rings. The minimum absolute atomic E-state index is 0.0359. The average molecular weight is 814 g/mol. The van der Waals surface area contributed by atoms with Crippen LogP contribution in [0.15, 0.2) is 30.4 Å². The molecule has 2 saturated heterocycles. The van der Waals surface area contributed by atoms with E-state index in [1.54, 1.807) is 66.7 Å². The van der Waals surface area contributed by atoms with E-state index in [2.05, 4.69) is 5.32 Å². The minimum Gasteiger partial charge on any atom is -0.460 e. The summed E-state index contributed by atoms with van der Waals surface area (Å²) in [5.74, 6) is -4.50. The van der Waals surface area contributed by atoms with Gasteiger partial charge in [-0.1, -0.05) is 32.0 Å². The molecule has 8 atom stereocenters. The van der Waals surface area contributed by atoms with Crippen molar-refractivity contribution in [1.82, 2.24) is 15.1 Å². The van der Waals surface area contributed by atoms with Gasteiger partial charge in [-0.05, 0) is 70.1 Å². The van der Waals surface area contributed by atoms with Gasteiger partial charge in [0.1, 0.15) is 31.0 Å². The zero-order valence-corrected chi connectivity index (χ0v) is 34.5. The van der Waals surface area contributed by atoms with Crippen molar-refractivity contribution in [1.29, 1.82) is 0 Å². The Morgan fingerprint density at radius 3 is 2.28 bits per heavy atom. The lowest BCUT2D eigenvalue weighted by Gasteiger charge is -2.35. The number of Topliss-reactive ketones (excluding diaryl/α,β-unsaturated/α-hetero) is 2. The van der Waals surface area contributed by atoms with Gasteiger partial charge in [0.15, 0.2) is 11.6 Å². The van der Waals surface area contributed by atoms with Gasteiger partial charge in [-0.3, -0.25) is 38.5 Å². The zero-order chi connectivity index (χ0) is 43.1. The predicted octanol–water partition coefficient (Wildman–Crippen LogP) is 0.969. The summed E-state index contributed by atoms with van der Waals surface area (Å²) in [4.78, 5) is 93.5. The van der Waals surface area contributed by atoms with E-state index in [0.29, 0.717) is 24.2 Å². The van der Waals surface area contributed by atoms with Gasteiger partial charge in [-0.25, -0.2) is 0 Å². The SMILES string of the molecule is CCOC[C@@H]1C[C@@H](N2C(=O)C=CC2=O)C(=O)N1CC(=O)C[C@H](C(=O)N[C@@H](C)C(=O)Cc1ccc(COC(=O)C(C)(C)C)c(CC[C@@H]2OC[C@@H](O)[C@H](O)[C@H]2O)c1)C(C)C. The van der Waals surface area contributed by atoms with Gasteiger partial charge in [0.05, 0.1) is 43.4 Å². The van der Waals surface area contributed by atoms with Crippen LogP contribution < -0.4 is 5.32 Å². The number of esters is 1. The summed E-state index contributed by atoms with van der Waals surface area (Å²) in [6.45, 7) is 12.0. The van der Waals surface area contributed by atoms with Gasteiger partial charge in [-0.2, -0.15) is 0 Å². The summed E-state index contributed by atoms with van der Waals surface area (Å²) in [6.07, 6.45) is -2.03. The largest absolute Gasteiger partial charge is 0.460 e. The maximum atomic E-state index is 13.6. The average Bonchev–Trinajstić information content (AvgIpc) is 3.65. The van der Waals surface area contributed by atoms with E-state index in [1.165, 1.54) is 4.90 Å². The van der Waals surface area contributed by atoms with Crippen LogP contribution >= 0.6 is 0 Å². The highest BCUT2D eigenvalue weighted by Crippen LogP contribution is 2.28. The maximum Gasteiger partial charge on any atom is 0.311 e. The highest BCUT2D eigenvalue weighted by atomic mass is 16.5. The van der Waals surface area contributed by atoms with Crippen LogP contribution in [0.2, 0.25) is 0 Å². The number of likely N-dealkylation sites (tertiary alicyclic amines) is 1. The van der Waals surface area contributed by atoms with Crippen molar-refractivity contribution in [3.8, 4) is 0 Å². The third-order valence-corrected chi connectivity index (χ3v) is 10.9. The number of aliphatic hydroxyl groups excluding tert-OH is 3. The lowest BCUT2D eigenvalue weighted by atomic mass is 9.89. The quantitative estimate of drug-likeness (QED) is 0.113. The van der Waals surface area contributed by atoms with E-state index < -0.39 is 89.3 Å². The highest BCUT2D eigenvalue weighted by molar-refractivity contribution is 6.15. The summed E-state index contributed by atoms with van der Waals surface area (Å²) >= 11 is 0. The zero-order valence-electron chi connectivity index (χ0n) is 34.5. The fourth-order valence-corrected chi connectivity index (χ4v) is 7.24. The van der Waals surface area contributed by atoms with E-state index in [0.717, 1.165) is 22.6 Å². The Hall–Kier alpha value is -4.35. The number of hydrogen-bond donors (Lipinski definition) is 4. The first kappa shape index (κ1) is 46.3. The standard InChI is InChI=1S/C42H59N3O13/c1-8-56-21-28-17-31(45-35(49)13-14-36(45)50)40(54)44(28)19-29(46)18-30(23(2)3)39(53)43-24(4)32(47)16-25-9-10-27(20-58-41(55)42(5,6)7)26(15-25)11-12-34-38(52)37(51)33(48)22-57-34/h9-10,13-15,23-24,28,30-31,33-34,37-38,48,51-52H,8,11-12,16-22H2,1-7H3,(H,43,53)/t24-,28-,30-,31+,33+,34-,37-,38-/m0/s1. The number of carbonyl (C=O) groups is 7. The van der Waals surface area contributed by atoms with Crippen LogP contribution in [0.5, 0.6) is 0 Å². The number of aryl methyl sites for hydroxylation is 1. The number of nitrogens with zero attached hydrogens (tertiary/aromatic N) is 2. The monoisotopic (exact) mass is 813 g/mol. The second kappa shape index (κ2) is 20.1. The number of aliphatic hydroxyl groups is 3. The second-order valence-corrected chi connectivity index (χ2v) is 16.8. The summed E-state index contributed by atoms with van der Waals surface area (Å²) in [6, 6.07) is 2.71. The Labute approximate surface area is 339 Å². The molecular formula is C42H59N3O13. The second-order valence-electron chi connectivity index (χ2n) is 16.8. The number of imide groups is 1. The lowest BCUT2D eigenvalue weighted by molar-refractivity contribution is -0.188. The first-order chi connectivity index (χ1) is 27.2. The fraction of sp³-hybridized carbons (Fsp3) is 0.643. The van der Waals surface area contributed by atoms with Crippen LogP contribution in [0.4, 0.5) is 0 Å². The van der Waals surface area contributed by atoms with Crippen LogP contribution in [0, 0.1) is 17.3 Å². The smallest absolute Gasteiger partial charge is 0.311 e. The van der Waals surface area contributed by atoms with E-state index in [4.69, 9.17) is 14.2 Å². The van der Waals surface area contributed by atoms with Crippen molar-refractivity contribution in [2.24, 2.45) is 17.3 Å². The number of ketones is 2. The van der Waals surface area contributed by atoms with Crippen LogP contribution in [0.1, 0.15) is 84.4 Å². The molecule has 58 heavy (non-hydrogen) atoms. The van der Waals surface area contributed by atoms with Gasteiger partial charge in [0.25, 0.3) is 11.8 Å². The predicted molar refractivity (Wildman–Crippen MR) is 207 cm³/mol. The van der Waals surface area contributed by atoms with Gasteiger partial charge in [-0.15, -0.1) is 0 Å². The summed E-state index contributed by atoms with van der Waals surface area (Å²) in [5.41, 5.74) is 1.29. The molecule has 0 radical (unpaired) electrons. The normalized spacial score (nSPS) is 24.7. The third-order valence-electron chi connectivity index (χ3n) is 10.9. The molecule has 3 aliphatic rings. The molecule has 1 aromatic carbocycles. The van der Waals surface area contributed by atoms with Gasteiger partial charge in [0, 0.05) is 43.9 Å². The number of hydrogen-bond acceptors (Lipinski definition) is 13. The molecule has 4 rings (SSSR count). The Balaban J connectivity index is 1.40. The molecule has 0 saturated carbocycles. The Morgan fingerprint density at radius 1 is 0.983 bits per heavy atom. The molecule has 16 nitrogen and oxygen atoms in total. The molecule has 3 heterocycles. The number of amides is 4. The van der Waals surface area contributed by atoms with Crippen molar-refractivity contribution >= 4 is 41.2 Å². The molecule has 16 heteroatoms. The first-order valence-corrected chi connectivity index (χ1v) is 19.9. The number of nitrogens with one attached hydrogen (secondary N) is 1. The summed E-state index contributed by atoms with van der Waals surface area (Å²) in [7, 11) is 0. The Bertz CT molecular complexity index is 1720. The van der Waals surface area contributed by atoms with Crippen LogP contribution in [-0.4, -0.2) is 135 Å². The van der Waals surface area contributed by atoms with Gasteiger partial charge >= 0.3 is 5.97 Å². The summed E-state index contributed by atoms with van der Waals surface area (Å²) < 4.78 is 16.7. The third kappa shape index (κ3) is 11.6. The van der Waals surface area contributed by atoms with Crippen LogP contribution in [0.25, 0.3) is 0 Å². The number of rotatable bonds is 19. The van der Waals surface area contributed by atoms with E-state index >= 15 is 0 Å². The molecule has 320 valence electrons. The van der Waals surface area contributed by atoms with Crippen LogP contribution in [0.3, 0.4) is 0 Å². The molecule has 4 amide bonds. The molecule has 0 aliphatic carbocycles. The van der Waals surface area contributed by atoms with E-state index in [-0.39, 0.29) is 63.7 Å². The highest BCUT2D eigenvalue weighted by Gasteiger charge is 2.47. The van der Waals surface area contributed by atoms with Gasteiger partial charge < -0.3 is 39.7 Å². The molecule has 1 aromatic rings. The lowest BCUT2D eigenvalue weighted by Crippen LogP contribution is -2.52. The molecule has 0 unspecified atom stereocenters. The number of carbonyl (C=O) groups excluding carboxylic acids is 7. The van der Waals surface area contributed by atoms with Crippen molar-refractivity contribution in [2.75, 3.05) is 26.4 Å². The molecule has 0 aromatic heterocycles. The summed E-state index contributed by atoms with van der Waals surface area (Å²) in [5, 5.41) is 33.2. The van der Waals surface area contributed by atoms with E-state index in [9.17, 15) is 48.9 Å². The van der Waals surface area contributed by atoms with Crippen molar-refractivity contribution in [2.45, 2.75) is 130 Å². The van der Waals surface area contributed by atoms with Crippen LogP contribution in [-0.2, 0) is 67.2 Å². The van der Waals surface area contributed by atoms with Gasteiger partial charge in [0.2, 0.25) is 11.8 Å². The molecular weight excluding hydrogens is 754 g/mol. The molecule has 0 bridgehead atoms. The van der Waals surface area contributed by atoms with Crippen molar-refractivity contribution in [3.05, 3.63) is 47.0 Å². The topological polar surface area (TPSA) is 226 Å². The number of ether oxygens (including phenoxy) is 3. The Morgan fingerprint density at radius 2 is 1.66 bits per heavy atom. The molecule has 0 spiro atoms. The van der Waals surface area contributed by atoms with Crippen molar-refractivity contribution in [3.63, 3.8) is 0 Å². The Kier molecular flexibility index (Phi) is 16.0. The van der Waals surface area contributed by atoms with E-state index in [1.807, 2.05) is 0 Å². The first-order valence-electron chi connectivity index (χ1n) is 19.9. The number of benzene rings is 1.